The number of piperidine rings is 1. The number of rotatable bonds is 7. The number of hydrogen-bond acceptors (Lipinski definition) is 6. The van der Waals surface area contributed by atoms with Crippen molar-refractivity contribution in [3.63, 3.8) is 0 Å². The third-order valence-electron chi connectivity index (χ3n) is 9.12. The van der Waals surface area contributed by atoms with Crippen molar-refractivity contribution in [2.75, 3.05) is 25.0 Å². The standard InChI is InChI=1S/C33H35F2IN6OS/c1-4-40-11-9-24(27(35)17-40)21-5-7-22(8-6-21)25-13-19(2)26-16-42(36-29(26)20(25)3)31(32(43)39-33-37-10-12-44-33)30-28-14-23(34)15-41(28)18-38-30/h5-8,10,12-13,16,18,23-24,27,31H,4,9,11,14-15,17H2,1-3H3,(H,37,39,43)/t23-,24-,27+,31?/m1/s1. The van der Waals surface area contributed by atoms with Crippen molar-refractivity contribution in [3.8, 4) is 11.1 Å². The van der Waals surface area contributed by atoms with Crippen LogP contribution in [0.2, 0.25) is 0 Å². The maximum Gasteiger partial charge on any atom is 0.255 e. The van der Waals surface area contributed by atoms with E-state index in [2.05, 4.69) is 80.6 Å². The van der Waals surface area contributed by atoms with E-state index in [0.717, 1.165) is 52.7 Å². The minimum Gasteiger partial charge on any atom is -0.331 e. The second kappa shape index (κ2) is 12.1. The second-order valence-electron chi connectivity index (χ2n) is 11.8. The molecule has 1 fully saturated rings. The first kappa shape index (κ1) is 29.7. The molecule has 1 unspecified atom stereocenters. The molecular weight excluding hydrogens is 693 g/mol. The van der Waals surface area contributed by atoms with Crippen LogP contribution in [0.5, 0.6) is 0 Å². The van der Waals surface area contributed by atoms with E-state index in [1.807, 2.05) is 9.95 Å². The lowest BCUT2D eigenvalue weighted by atomic mass is 9.86. The average molecular weight is 729 g/mol. The monoisotopic (exact) mass is 728 g/mol. The Kier molecular flexibility index (Phi) is 8.13. The molecule has 0 radical (unpaired) electrons. The molecule has 2 aromatic carbocycles. The number of likely N-dealkylation sites (tertiary alicyclic amines) is 1. The third kappa shape index (κ3) is 5.40. The molecule has 2 aromatic heterocycles. The summed E-state index contributed by atoms with van der Waals surface area (Å²) in [5, 5.41) is 6.47. The number of nitrogens with zero attached hydrogens (tertiary/aromatic N) is 5. The molecule has 44 heavy (non-hydrogen) atoms. The molecule has 1 N–H and O–H groups in total. The Labute approximate surface area is 269 Å². The lowest BCUT2D eigenvalue weighted by Crippen LogP contribution is -2.40. The topological polar surface area (TPSA) is 66.3 Å². The van der Waals surface area contributed by atoms with E-state index in [9.17, 15) is 9.18 Å². The first-order chi connectivity index (χ1) is 21.3. The van der Waals surface area contributed by atoms with Gasteiger partial charge in [-0.1, -0.05) is 37.3 Å². The van der Waals surface area contributed by atoms with Crippen LogP contribution in [0.25, 0.3) is 17.3 Å². The molecule has 1 amide bonds. The van der Waals surface area contributed by atoms with E-state index in [0.29, 0.717) is 17.4 Å². The number of thiazole rings is 1. The van der Waals surface area contributed by atoms with Gasteiger partial charge in [0.1, 0.15) is 12.3 Å². The summed E-state index contributed by atoms with van der Waals surface area (Å²) in [5.41, 5.74) is 7.08. The van der Waals surface area contributed by atoms with Crippen LogP contribution in [0.3, 0.4) is 0 Å². The molecule has 5 heterocycles. The number of nitrogens with one attached hydrogen (secondary N) is 1. The number of aromatic nitrogens is 3. The zero-order valence-electron chi connectivity index (χ0n) is 24.9. The zero-order valence-corrected chi connectivity index (χ0v) is 27.9. The number of amides is 1. The Bertz CT molecular complexity index is 1830. The van der Waals surface area contributed by atoms with E-state index in [1.165, 1.54) is 20.1 Å². The van der Waals surface area contributed by atoms with Gasteiger partial charge in [-0.15, -0.1) is 11.3 Å². The molecule has 1 saturated heterocycles. The summed E-state index contributed by atoms with van der Waals surface area (Å²) < 4.78 is 34.6. The van der Waals surface area contributed by atoms with Crippen molar-refractivity contribution in [3.05, 3.63) is 84.7 Å². The minimum atomic E-state index is -0.970. The fourth-order valence-electron chi connectivity index (χ4n) is 6.70. The van der Waals surface area contributed by atoms with E-state index in [1.54, 1.807) is 12.5 Å². The highest BCUT2D eigenvalue weighted by molar-refractivity contribution is 14.1. The van der Waals surface area contributed by atoms with Crippen molar-refractivity contribution in [1.82, 2.24) is 22.5 Å². The van der Waals surface area contributed by atoms with Crippen LogP contribution >= 0.6 is 32.3 Å². The van der Waals surface area contributed by atoms with Crippen LogP contribution in [0.1, 0.15) is 53.4 Å². The predicted molar refractivity (Wildman–Crippen MR) is 179 cm³/mol. The summed E-state index contributed by atoms with van der Waals surface area (Å²) in [6.45, 7) is 8.95. The van der Waals surface area contributed by atoms with Gasteiger partial charge in [0.2, 0.25) is 0 Å². The maximum atomic E-state index is 15.0. The molecule has 7 nitrogen and oxygen atoms in total. The highest BCUT2D eigenvalue weighted by Crippen LogP contribution is 2.38. The Morgan fingerprint density at radius 3 is 2.73 bits per heavy atom. The molecule has 0 aliphatic carbocycles. The second-order valence-corrected chi connectivity index (χ2v) is 15.4. The lowest BCUT2D eigenvalue weighted by molar-refractivity contribution is -0.119. The van der Waals surface area contributed by atoms with Crippen molar-refractivity contribution in [1.29, 1.82) is 0 Å². The first-order valence-corrected chi connectivity index (χ1v) is 18.0. The maximum absolute atomic E-state index is 15.0. The van der Waals surface area contributed by atoms with Gasteiger partial charge in [0.05, 0.1) is 18.6 Å². The number of fused-ring (bicyclic) bond motifs is 2. The summed E-state index contributed by atoms with van der Waals surface area (Å²) in [6.07, 6.45) is 4.70. The number of imidazole rings is 1. The fourth-order valence-corrected chi connectivity index (χ4v) is 10.5. The Morgan fingerprint density at radius 2 is 2.00 bits per heavy atom. The third-order valence-corrected chi connectivity index (χ3v) is 13.1. The van der Waals surface area contributed by atoms with Gasteiger partial charge >= 0.3 is 0 Å². The first-order valence-electron chi connectivity index (χ1n) is 15.1. The van der Waals surface area contributed by atoms with Crippen molar-refractivity contribution in [2.45, 2.75) is 64.5 Å². The van der Waals surface area contributed by atoms with E-state index >= 15 is 4.39 Å². The quantitative estimate of drug-likeness (QED) is 0.181. The number of hydrogen-bond donors (Lipinski definition) is 1. The SMILES string of the molecule is CCN1CC[C@H](c2ccc(-c3cc(C)c4c(c3C)=IN(C(C(=O)Nc3nccs3)c3ncn5c3C[C@@H](F)C5)C=4)cc2)[C@@H](F)C1. The van der Waals surface area contributed by atoms with Crippen molar-refractivity contribution < 1.29 is 13.6 Å². The van der Waals surface area contributed by atoms with Gasteiger partial charge in [0.25, 0.3) is 5.91 Å². The number of anilines is 1. The predicted octanol–water partition coefficient (Wildman–Crippen LogP) is 6.24. The molecule has 4 aromatic rings. The summed E-state index contributed by atoms with van der Waals surface area (Å²) in [6, 6.07) is 9.99. The van der Waals surface area contributed by atoms with Gasteiger partial charge in [-0.3, -0.25) is 10.1 Å². The number of aryl methyl sites for hydroxylation is 1. The molecule has 230 valence electrons. The van der Waals surface area contributed by atoms with Gasteiger partial charge < -0.3 is 12.6 Å². The molecule has 11 heteroatoms. The lowest BCUT2D eigenvalue weighted by Gasteiger charge is -2.34. The Morgan fingerprint density at radius 1 is 1.18 bits per heavy atom. The summed E-state index contributed by atoms with van der Waals surface area (Å²) in [5.74, 6) is -0.275. The van der Waals surface area contributed by atoms with Gasteiger partial charge in [0, 0.05) is 71.7 Å². The van der Waals surface area contributed by atoms with Crippen LogP contribution < -0.4 is 10.5 Å². The molecule has 0 saturated carbocycles. The van der Waals surface area contributed by atoms with Gasteiger partial charge in [-0.25, -0.2) is 18.7 Å². The molecular formula is C33H35F2IN6OS. The van der Waals surface area contributed by atoms with E-state index in [-0.39, 0.29) is 24.8 Å². The number of halogens is 3. The number of benzene rings is 2. The van der Waals surface area contributed by atoms with Crippen LogP contribution in [-0.2, 0) is 17.8 Å². The largest absolute Gasteiger partial charge is 0.331 e. The van der Waals surface area contributed by atoms with Crippen LogP contribution in [-0.4, -0.2) is 60.4 Å². The molecule has 0 spiro atoms. The minimum absolute atomic E-state index is 0.0618. The summed E-state index contributed by atoms with van der Waals surface area (Å²) in [7, 11) is 0. The normalized spacial score (nSPS) is 22.0. The Balaban J connectivity index is 1.23. The van der Waals surface area contributed by atoms with Gasteiger partial charge in [-0.2, -0.15) is 0 Å². The summed E-state index contributed by atoms with van der Waals surface area (Å²) in [4.78, 5) is 24.9. The zero-order chi connectivity index (χ0) is 30.5. The average Bonchev–Trinajstić information content (AvgIpc) is 3.82. The van der Waals surface area contributed by atoms with E-state index in [4.69, 9.17) is 0 Å². The number of alkyl halides is 2. The van der Waals surface area contributed by atoms with Crippen LogP contribution in [0, 0.1) is 17.0 Å². The molecule has 3 aliphatic heterocycles. The fraction of sp³-hybridized carbons (Fsp3) is 0.394. The van der Waals surface area contributed by atoms with Crippen LogP contribution in [0.4, 0.5) is 13.9 Å². The van der Waals surface area contributed by atoms with Gasteiger partial charge in [-0.05, 0) is 61.2 Å². The highest BCUT2D eigenvalue weighted by Gasteiger charge is 2.36. The molecule has 0 bridgehead atoms. The molecule has 4 atom stereocenters. The molecule has 3 aliphatic rings. The number of carbonyl (C=O) groups excluding carboxylic acids is 1. The smallest absolute Gasteiger partial charge is 0.255 e. The van der Waals surface area contributed by atoms with Crippen molar-refractivity contribution in [2.24, 2.45) is 0 Å². The Hall–Kier alpha value is -3.03. The van der Waals surface area contributed by atoms with Crippen LogP contribution in [0.15, 0.2) is 48.2 Å². The van der Waals surface area contributed by atoms with Gasteiger partial charge in [0.15, 0.2) is 11.2 Å². The van der Waals surface area contributed by atoms with Crippen molar-refractivity contribution >= 4 is 49.6 Å². The summed E-state index contributed by atoms with van der Waals surface area (Å²) >= 11 is 0.584. The molecule has 7 rings (SSSR count). The number of carbonyl (C=O) groups is 1. The highest BCUT2D eigenvalue weighted by atomic mass is 127. The van der Waals surface area contributed by atoms with E-state index < -0.39 is 39.4 Å².